The molecule has 0 N–H and O–H groups in total. The molecule has 12 aromatic carbocycles. The molecule has 428 valence electrons. The van der Waals surface area contributed by atoms with Crippen molar-refractivity contribution in [1.29, 1.82) is 0 Å². The van der Waals surface area contributed by atoms with E-state index in [4.69, 9.17) is 0 Å². The molecular weight excluding hydrogens is 1180 g/mol. The molecule has 88 heavy (non-hydrogen) atoms. The summed E-state index contributed by atoms with van der Waals surface area (Å²) in [5, 5.41) is 0. The van der Waals surface area contributed by atoms with Crippen LogP contribution in [0.25, 0.3) is 0 Å². The standard InChI is InChI=1S/C80H67N6.CH3.Sn/c1-55-14-30-64(31-15-55)81(63-12-10-9-11-13-63)72-46-75-52-76(47-72)85(70-42-26-61(7)27-43-70)78-49-74(83(67-36-20-58(4)21-37-67)68-38-22-59(5)23-39-68)51-80(54-78)86(71-44-28-62(8)29-45-71)79-50-73(48-77(53-79)84(75)69-40-24-60(6)25-41-69)82(65-32-16-56(2)17-33-65)66-34-18-57(3)19-35-66;;/h9-51H,1-8H3;1H3;. The van der Waals surface area contributed by atoms with Crippen molar-refractivity contribution >= 4 is 131 Å². The van der Waals surface area contributed by atoms with Crippen LogP contribution >= 0.6 is 0 Å². The van der Waals surface area contributed by atoms with Crippen LogP contribution in [0, 0.1) is 55.4 Å². The summed E-state index contributed by atoms with van der Waals surface area (Å²) in [6, 6.07) is 99.2. The summed E-state index contributed by atoms with van der Waals surface area (Å²) >= 11 is -4.51. The molecule has 0 atom stereocenters. The van der Waals surface area contributed by atoms with Gasteiger partial charge in [0, 0.05) is 0 Å². The Balaban J connectivity index is 1.14. The Morgan fingerprint density at radius 1 is 0.216 bits per heavy atom. The van der Waals surface area contributed by atoms with Crippen LogP contribution in [-0.2, 0) is 0 Å². The van der Waals surface area contributed by atoms with Crippen molar-refractivity contribution in [3.63, 3.8) is 0 Å². The Kier molecular flexibility index (Phi) is 13.5. The number of para-hydroxylation sites is 1. The Morgan fingerprint density at radius 3 is 0.602 bits per heavy atom. The van der Waals surface area contributed by atoms with Crippen LogP contribution in [-0.4, -0.2) is 18.4 Å². The molecular formula is C81H70N6Sn. The molecule has 12 aromatic rings. The van der Waals surface area contributed by atoms with Gasteiger partial charge in [0.15, 0.2) is 0 Å². The monoisotopic (exact) mass is 1250 g/mol. The molecule has 0 saturated carbocycles. The van der Waals surface area contributed by atoms with Crippen molar-refractivity contribution in [2.24, 2.45) is 0 Å². The number of hydrogen-bond donors (Lipinski definition) is 0. The number of anilines is 18. The fraction of sp³-hybridized carbons (Fsp3) is 0.111. The zero-order valence-electron chi connectivity index (χ0n) is 51.5. The van der Waals surface area contributed by atoms with Crippen molar-refractivity contribution in [3.05, 3.63) is 305 Å². The molecule has 0 unspecified atom stereocenters. The van der Waals surface area contributed by atoms with Crippen LogP contribution in [0.3, 0.4) is 0 Å². The molecule has 7 heteroatoms. The Hall–Kier alpha value is -9.76. The van der Waals surface area contributed by atoms with E-state index in [-0.39, 0.29) is 0 Å². The van der Waals surface area contributed by atoms with E-state index < -0.39 is 18.4 Å². The van der Waals surface area contributed by atoms with Crippen LogP contribution in [0.1, 0.15) is 44.5 Å². The maximum absolute atomic E-state index is 4.51. The minimum atomic E-state index is -4.51. The molecule has 3 aliphatic rings. The van der Waals surface area contributed by atoms with Gasteiger partial charge in [-0.05, 0) is 0 Å². The van der Waals surface area contributed by atoms with Crippen LogP contribution < -0.4 is 40.1 Å². The van der Waals surface area contributed by atoms with E-state index >= 15 is 0 Å². The van der Waals surface area contributed by atoms with Crippen molar-refractivity contribution in [3.8, 4) is 0 Å². The number of nitrogens with zero attached hydrogens (tertiary/aromatic N) is 6. The summed E-state index contributed by atoms with van der Waals surface area (Å²) in [7, 11) is 0. The van der Waals surface area contributed by atoms with Gasteiger partial charge in [-0.1, -0.05) is 0 Å². The first-order valence-electron chi connectivity index (χ1n) is 30.7. The fourth-order valence-corrected chi connectivity index (χ4v) is 27.9. The molecule has 0 amide bonds. The average molecular weight is 1250 g/mol. The van der Waals surface area contributed by atoms with Gasteiger partial charge in [0.2, 0.25) is 0 Å². The van der Waals surface area contributed by atoms with Crippen LogP contribution in [0.2, 0.25) is 4.94 Å². The maximum atomic E-state index is 2.75. The van der Waals surface area contributed by atoms with Gasteiger partial charge in [-0.15, -0.1) is 0 Å². The zero-order valence-corrected chi connectivity index (χ0v) is 54.4. The number of rotatable bonds is 12. The van der Waals surface area contributed by atoms with Crippen molar-refractivity contribution in [1.82, 2.24) is 0 Å². The van der Waals surface area contributed by atoms with Gasteiger partial charge in [0.05, 0.1) is 0 Å². The number of hydrogen-bond acceptors (Lipinski definition) is 6. The van der Waals surface area contributed by atoms with E-state index in [0.29, 0.717) is 0 Å². The summed E-state index contributed by atoms with van der Waals surface area (Å²) in [6.45, 7) is 17.5. The summed E-state index contributed by atoms with van der Waals surface area (Å²) in [5.41, 5.74) is 30.1. The van der Waals surface area contributed by atoms with Gasteiger partial charge in [-0.3, -0.25) is 0 Å². The van der Waals surface area contributed by atoms with Crippen molar-refractivity contribution < 1.29 is 0 Å². The summed E-state index contributed by atoms with van der Waals surface area (Å²) in [6.07, 6.45) is 0. The van der Waals surface area contributed by atoms with Crippen molar-refractivity contribution in [2.45, 2.75) is 60.3 Å². The molecule has 6 nitrogen and oxygen atoms in total. The average Bonchev–Trinajstić information content (AvgIpc) is 0.659. The normalized spacial score (nSPS) is 13.1. The van der Waals surface area contributed by atoms with Gasteiger partial charge >= 0.3 is 527 Å². The van der Waals surface area contributed by atoms with E-state index in [1.807, 2.05) is 0 Å². The van der Waals surface area contributed by atoms with Gasteiger partial charge in [-0.25, -0.2) is 0 Å². The van der Waals surface area contributed by atoms with Gasteiger partial charge < -0.3 is 0 Å². The SMILES string of the molecule is Cc1ccc(N(c2ccccc2)c2cc3[c]4c(c2)N(c2ccc(C)cc2)c2cc(N(c5ccc(C)cc5)c5ccc(C)cc5)cc5[c]2[Sn]4([CH3])[c]2c(cc(N(c4ccc(C)cc4)c4ccc(C)cc4)cc2N5c2ccc(C)cc2)N3c2ccc(C)cc2)cc1. The van der Waals surface area contributed by atoms with E-state index in [1.165, 1.54) is 89.4 Å². The van der Waals surface area contributed by atoms with Crippen LogP contribution in [0.4, 0.5) is 102 Å². The second-order valence-corrected chi connectivity index (χ2v) is 35.4. The second kappa shape index (κ2) is 21.6. The predicted molar refractivity (Wildman–Crippen MR) is 377 cm³/mol. The van der Waals surface area contributed by atoms with Crippen LogP contribution in [0.5, 0.6) is 0 Å². The third kappa shape index (κ3) is 9.23. The fourth-order valence-electron chi connectivity index (χ4n) is 13.8. The first-order valence-corrected chi connectivity index (χ1v) is 37.9. The third-order valence-electron chi connectivity index (χ3n) is 18.3. The first kappa shape index (κ1) is 54.9. The Morgan fingerprint density at radius 2 is 0.398 bits per heavy atom. The van der Waals surface area contributed by atoms with E-state index in [2.05, 4.69) is 351 Å². The summed E-state index contributed by atoms with van der Waals surface area (Å²) in [5.74, 6) is 0. The van der Waals surface area contributed by atoms with Gasteiger partial charge in [0.1, 0.15) is 0 Å². The zero-order chi connectivity index (χ0) is 60.1. The van der Waals surface area contributed by atoms with E-state index in [1.54, 1.807) is 0 Å². The van der Waals surface area contributed by atoms with Gasteiger partial charge in [-0.2, -0.15) is 0 Å². The molecule has 0 radical (unpaired) electrons. The topological polar surface area (TPSA) is 19.4 Å². The molecule has 15 rings (SSSR count). The molecule has 0 bridgehead atoms. The quantitative estimate of drug-likeness (QED) is 0.113. The molecule has 3 aliphatic heterocycles. The molecule has 0 aromatic heterocycles. The summed E-state index contributed by atoms with van der Waals surface area (Å²) < 4.78 is 4.35. The third-order valence-corrected chi connectivity index (χ3v) is 31.3. The number of aryl methyl sites for hydroxylation is 8. The minimum absolute atomic E-state index is 1.08. The Bertz CT molecular complexity index is 4300. The number of benzene rings is 12. The van der Waals surface area contributed by atoms with Crippen molar-refractivity contribution in [2.75, 3.05) is 29.4 Å². The Labute approximate surface area is 523 Å². The van der Waals surface area contributed by atoms with E-state index in [9.17, 15) is 0 Å². The molecule has 0 spiro atoms. The molecule has 0 saturated heterocycles. The molecule has 0 fully saturated rings. The van der Waals surface area contributed by atoms with Crippen LogP contribution in [0.15, 0.2) is 261 Å². The molecule has 3 heterocycles. The first-order chi connectivity index (χ1) is 42.8. The van der Waals surface area contributed by atoms with E-state index in [0.717, 1.165) is 68.2 Å². The summed E-state index contributed by atoms with van der Waals surface area (Å²) in [4.78, 5) is 18.1. The molecule has 0 aliphatic carbocycles. The second-order valence-electron chi connectivity index (χ2n) is 24.7. The van der Waals surface area contributed by atoms with Gasteiger partial charge in [0.25, 0.3) is 0 Å². The predicted octanol–water partition coefficient (Wildman–Crippen LogP) is 21.0.